The summed E-state index contributed by atoms with van der Waals surface area (Å²) in [7, 11) is -3.20. The number of nitrogens with one attached hydrogen (secondary N) is 1. The molecule has 25 heavy (non-hydrogen) atoms. The molecule has 0 radical (unpaired) electrons. The number of halogens is 1. The molecule has 0 bridgehead atoms. The van der Waals surface area contributed by atoms with E-state index in [0.717, 1.165) is 63.5 Å². The molecule has 1 aliphatic carbocycles. The molecule has 0 unspecified atom stereocenters. The van der Waals surface area contributed by atoms with Gasteiger partial charge in [-0.05, 0) is 44.7 Å². The van der Waals surface area contributed by atoms with E-state index >= 15 is 0 Å². The first-order valence-corrected chi connectivity index (χ1v) is 10.5. The van der Waals surface area contributed by atoms with Gasteiger partial charge in [0, 0.05) is 44.3 Å². The van der Waals surface area contributed by atoms with Crippen LogP contribution >= 0.6 is 12.4 Å². The van der Waals surface area contributed by atoms with Crippen LogP contribution in [0.3, 0.4) is 0 Å². The molecule has 1 aromatic heterocycles. The number of likely N-dealkylation sites (tertiary alicyclic amines) is 1. The summed E-state index contributed by atoms with van der Waals surface area (Å²) < 4.78 is 39.2. The molecule has 0 amide bonds. The predicted octanol–water partition coefficient (Wildman–Crippen LogP) is 2.04. The Morgan fingerprint density at radius 3 is 2.44 bits per heavy atom. The number of hydrogen-bond acceptors (Lipinski definition) is 5. The Morgan fingerprint density at radius 2 is 1.84 bits per heavy atom. The molecule has 0 spiro atoms. The minimum absolute atomic E-state index is 0. The van der Waals surface area contributed by atoms with E-state index in [-0.39, 0.29) is 29.6 Å². The maximum atomic E-state index is 12.4. The van der Waals surface area contributed by atoms with Crippen LogP contribution in [0.2, 0.25) is 0 Å². The molecular weight excluding hydrogens is 364 g/mol. The summed E-state index contributed by atoms with van der Waals surface area (Å²) in [4.78, 5) is 2.42. The fraction of sp³-hybridized carbons (Fsp3) is 0.765. The molecule has 3 fully saturated rings. The molecular formula is C17H27ClN2O4S. The maximum Gasteiger partial charge on any atom is 0.214 e. The van der Waals surface area contributed by atoms with Gasteiger partial charge in [-0.1, -0.05) is 0 Å². The van der Waals surface area contributed by atoms with Gasteiger partial charge in [-0.15, -0.1) is 12.4 Å². The van der Waals surface area contributed by atoms with Crippen LogP contribution in [0.15, 0.2) is 16.5 Å². The van der Waals surface area contributed by atoms with Crippen LogP contribution in [0, 0.1) is 6.92 Å². The summed E-state index contributed by atoms with van der Waals surface area (Å²) in [5.74, 6) is 1.85. The van der Waals surface area contributed by atoms with Gasteiger partial charge in [-0.2, -0.15) is 0 Å². The van der Waals surface area contributed by atoms with Crippen LogP contribution in [-0.4, -0.2) is 57.0 Å². The van der Waals surface area contributed by atoms with Crippen molar-refractivity contribution in [3.8, 4) is 0 Å². The average molecular weight is 391 g/mol. The van der Waals surface area contributed by atoms with Crippen LogP contribution in [0.25, 0.3) is 0 Å². The molecule has 6 nitrogen and oxygen atoms in total. The number of rotatable bonds is 5. The van der Waals surface area contributed by atoms with Crippen LogP contribution < -0.4 is 4.72 Å². The van der Waals surface area contributed by atoms with Crippen molar-refractivity contribution in [1.29, 1.82) is 0 Å². The fourth-order valence-electron chi connectivity index (χ4n) is 3.93. The smallest absolute Gasteiger partial charge is 0.214 e. The summed E-state index contributed by atoms with van der Waals surface area (Å²) in [5, 5.41) is -0.186. The van der Waals surface area contributed by atoms with Crippen LogP contribution in [-0.2, 0) is 14.8 Å². The molecule has 3 heterocycles. The van der Waals surface area contributed by atoms with Crippen molar-refractivity contribution in [1.82, 2.24) is 9.62 Å². The lowest BCUT2D eigenvalue weighted by Gasteiger charge is -2.31. The Kier molecular flexibility index (Phi) is 5.80. The molecule has 1 N–H and O–H groups in total. The van der Waals surface area contributed by atoms with Gasteiger partial charge in [0.15, 0.2) is 0 Å². The second-order valence-electron chi connectivity index (χ2n) is 7.32. The number of ether oxygens (including phenoxy) is 1. The monoisotopic (exact) mass is 390 g/mol. The van der Waals surface area contributed by atoms with E-state index in [1.165, 1.54) is 0 Å². The third kappa shape index (κ3) is 4.22. The fourth-order valence-corrected chi connectivity index (χ4v) is 5.54. The van der Waals surface area contributed by atoms with Gasteiger partial charge in [0.2, 0.25) is 10.0 Å². The van der Waals surface area contributed by atoms with Gasteiger partial charge in [0.1, 0.15) is 11.5 Å². The van der Waals surface area contributed by atoms with Crippen molar-refractivity contribution in [2.24, 2.45) is 0 Å². The van der Waals surface area contributed by atoms with Gasteiger partial charge < -0.3 is 9.15 Å². The van der Waals surface area contributed by atoms with Crippen molar-refractivity contribution < 1.29 is 17.6 Å². The zero-order chi connectivity index (χ0) is 16.7. The van der Waals surface area contributed by atoms with Gasteiger partial charge in [0.05, 0.1) is 5.25 Å². The summed E-state index contributed by atoms with van der Waals surface area (Å²) in [6.07, 6.45) is 3.62. The Balaban J connectivity index is 0.00000182. The van der Waals surface area contributed by atoms with Gasteiger partial charge in [0.25, 0.3) is 0 Å². The molecule has 4 rings (SSSR count). The Bertz CT molecular complexity index is 683. The first-order chi connectivity index (χ1) is 11.5. The van der Waals surface area contributed by atoms with E-state index in [4.69, 9.17) is 9.15 Å². The minimum Gasteiger partial charge on any atom is -0.466 e. The Hall–Kier alpha value is -0.600. The zero-order valence-electron chi connectivity index (χ0n) is 14.5. The number of nitrogens with zero attached hydrogens (tertiary/aromatic N) is 1. The molecule has 2 aliphatic heterocycles. The number of furan rings is 1. The topological polar surface area (TPSA) is 71.8 Å². The number of aryl methyl sites for hydroxylation is 1. The van der Waals surface area contributed by atoms with Crippen molar-refractivity contribution in [2.75, 3.05) is 26.3 Å². The maximum absolute atomic E-state index is 12.4. The molecule has 2 saturated heterocycles. The van der Waals surface area contributed by atoms with E-state index in [1.54, 1.807) is 0 Å². The quantitative estimate of drug-likeness (QED) is 0.832. The lowest BCUT2D eigenvalue weighted by atomic mass is 10.0. The number of hydrogen-bond donors (Lipinski definition) is 1. The highest BCUT2D eigenvalue weighted by molar-refractivity contribution is 7.90. The van der Waals surface area contributed by atoms with Crippen molar-refractivity contribution in [3.63, 3.8) is 0 Å². The summed E-state index contributed by atoms with van der Waals surface area (Å²) in [6.45, 7) is 5.11. The Labute approximate surface area is 155 Å². The first kappa shape index (κ1) is 19.2. The van der Waals surface area contributed by atoms with Crippen LogP contribution in [0.1, 0.15) is 43.1 Å². The van der Waals surface area contributed by atoms with E-state index in [0.29, 0.717) is 6.04 Å². The Morgan fingerprint density at radius 1 is 1.12 bits per heavy atom. The highest BCUT2D eigenvalue weighted by atomic mass is 35.5. The highest BCUT2D eigenvalue weighted by Crippen LogP contribution is 2.34. The largest absolute Gasteiger partial charge is 0.466 e. The average Bonchev–Trinajstić information content (AvgIpc) is 3.24. The van der Waals surface area contributed by atoms with Crippen LogP contribution in [0.4, 0.5) is 0 Å². The summed E-state index contributed by atoms with van der Waals surface area (Å²) in [6, 6.07) is 4.32. The number of sulfonamides is 1. The molecule has 8 heteroatoms. The molecule has 1 aromatic rings. The SMILES string of the molecule is Cc1ccc([C@H]2CN(C3CCOCC3)C[C@@H]2NS(=O)(=O)C2CC2)o1.Cl. The lowest BCUT2D eigenvalue weighted by Crippen LogP contribution is -2.43. The molecule has 2 atom stereocenters. The van der Waals surface area contributed by atoms with E-state index in [1.807, 2.05) is 19.1 Å². The lowest BCUT2D eigenvalue weighted by molar-refractivity contribution is 0.0413. The first-order valence-electron chi connectivity index (χ1n) is 8.92. The van der Waals surface area contributed by atoms with Crippen molar-refractivity contribution in [3.05, 3.63) is 23.7 Å². The third-order valence-corrected chi connectivity index (χ3v) is 7.44. The van der Waals surface area contributed by atoms with E-state index in [9.17, 15) is 8.42 Å². The highest BCUT2D eigenvalue weighted by Gasteiger charge is 2.44. The summed E-state index contributed by atoms with van der Waals surface area (Å²) in [5.41, 5.74) is 0. The molecule has 142 valence electrons. The van der Waals surface area contributed by atoms with Crippen molar-refractivity contribution in [2.45, 2.75) is 55.9 Å². The minimum atomic E-state index is -3.20. The standard InChI is InChI=1S/C17H26N2O4S.ClH/c1-12-2-5-17(23-12)15-10-19(13-6-8-22-9-7-13)11-16(15)18-24(20,21)14-3-4-14;/h2,5,13-16,18H,3-4,6-11H2,1H3;1H/t15-,16-;/m0./s1. The second-order valence-corrected chi connectivity index (χ2v) is 9.31. The summed E-state index contributed by atoms with van der Waals surface area (Å²) >= 11 is 0. The molecule has 0 aromatic carbocycles. The predicted molar refractivity (Wildman–Crippen MR) is 97.7 cm³/mol. The van der Waals surface area contributed by atoms with Crippen LogP contribution in [0.5, 0.6) is 0 Å². The van der Waals surface area contributed by atoms with E-state index < -0.39 is 10.0 Å². The normalized spacial score (nSPS) is 28.8. The zero-order valence-corrected chi connectivity index (χ0v) is 16.2. The van der Waals surface area contributed by atoms with Crippen molar-refractivity contribution >= 4 is 22.4 Å². The van der Waals surface area contributed by atoms with E-state index in [2.05, 4.69) is 9.62 Å². The van der Waals surface area contributed by atoms with Gasteiger partial charge >= 0.3 is 0 Å². The van der Waals surface area contributed by atoms with Gasteiger partial charge in [-0.25, -0.2) is 13.1 Å². The van der Waals surface area contributed by atoms with Gasteiger partial charge in [-0.3, -0.25) is 4.90 Å². The molecule has 3 aliphatic rings. The third-order valence-electron chi connectivity index (χ3n) is 5.46. The molecule has 1 saturated carbocycles. The second kappa shape index (κ2) is 7.56.